The number of aromatic nitrogens is 6. The number of nitrogens with zero attached hydrogens (tertiary/aromatic N) is 6. The molecular formula is C29H29F2N7OS. The van der Waals surface area contributed by atoms with Gasteiger partial charge in [0.15, 0.2) is 0 Å². The van der Waals surface area contributed by atoms with Crippen LogP contribution in [0.15, 0.2) is 49.1 Å². The Bertz CT molecular complexity index is 1710. The van der Waals surface area contributed by atoms with Crippen LogP contribution in [0, 0.1) is 17.0 Å². The van der Waals surface area contributed by atoms with Crippen LogP contribution in [0.4, 0.5) is 14.7 Å². The van der Waals surface area contributed by atoms with E-state index in [9.17, 15) is 13.0 Å². The molecule has 2 aliphatic carbocycles. The zero-order chi connectivity index (χ0) is 28.3. The fourth-order valence-corrected chi connectivity index (χ4v) is 6.93. The molecule has 3 atom stereocenters. The highest BCUT2D eigenvalue weighted by Gasteiger charge is 2.65. The van der Waals surface area contributed by atoms with Crippen molar-refractivity contribution in [1.82, 2.24) is 30.1 Å². The van der Waals surface area contributed by atoms with E-state index in [4.69, 9.17) is 4.98 Å². The third-order valence-electron chi connectivity index (χ3n) is 8.44. The zero-order valence-corrected chi connectivity index (χ0v) is 23.3. The monoisotopic (exact) mass is 561 g/mol. The lowest BCUT2D eigenvalue weighted by atomic mass is 9.66. The zero-order valence-electron chi connectivity index (χ0n) is 22.5. The van der Waals surface area contributed by atoms with Crippen LogP contribution in [0.3, 0.4) is 0 Å². The molecule has 3 aromatic heterocycles. The first-order chi connectivity index (χ1) is 19.0. The van der Waals surface area contributed by atoms with Gasteiger partial charge in [-0.2, -0.15) is 5.10 Å². The van der Waals surface area contributed by atoms with Crippen LogP contribution in [0.5, 0.6) is 0 Å². The van der Waals surface area contributed by atoms with Crippen molar-refractivity contribution in [2.24, 2.45) is 5.41 Å². The average molecular weight is 562 g/mol. The normalized spacial score (nSPS) is 22.1. The SMILES string of the molecule is C=S(C)(=O)CCNc1ncc(-c2cncc([C@@]34CC[C@@H](c5cc(-c6c(F)cccc6F)nnc53)C4(C)C)n2)cn1. The number of hydrogen-bond donors (Lipinski definition) is 1. The molecule has 0 saturated heterocycles. The molecule has 1 fully saturated rings. The van der Waals surface area contributed by atoms with Gasteiger partial charge in [-0.05, 0) is 63.3 Å². The number of nitrogens with one attached hydrogen (secondary N) is 1. The minimum Gasteiger partial charge on any atom is -0.353 e. The van der Waals surface area contributed by atoms with Crippen LogP contribution in [0.25, 0.3) is 22.5 Å². The fraction of sp³-hybridized carbons (Fsp3) is 0.345. The Balaban J connectivity index is 1.35. The topological polar surface area (TPSA) is 106 Å². The van der Waals surface area contributed by atoms with Crippen molar-refractivity contribution in [3.05, 3.63) is 77.6 Å². The van der Waals surface area contributed by atoms with Crippen LogP contribution in [-0.4, -0.2) is 58.8 Å². The van der Waals surface area contributed by atoms with E-state index in [2.05, 4.69) is 50.2 Å². The van der Waals surface area contributed by atoms with Gasteiger partial charge in [0.25, 0.3) is 0 Å². The van der Waals surface area contributed by atoms with Crippen molar-refractivity contribution >= 4 is 21.3 Å². The summed E-state index contributed by atoms with van der Waals surface area (Å²) in [5.41, 5.74) is 3.03. The van der Waals surface area contributed by atoms with Crippen LogP contribution in [-0.2, 0) is 14.9 Å². The summed E-state index contributed by atoms with van der Waals surface area (Å²) in [7, 11) is -2.09. The van der Waals surface area contributed by atoms with Gasteiger partial charge in [0.1, 0.15) is 11.6 Å². The van der Waals surface area contributed by atoms with Crippen LogP contribution >= 0.6 is 0 Å². The molecule has 1 unspecified atom stereocenters. The Morgan fingerprint density at radius 2 is 1.80 bits per heavy atom. The summed E-state index contributed by atoms with van der Waals surface area (Å²) in [6.45, 7) is 4.83. The molecule has 206 valence electrons. The smallest absolute Gasteiger partial charge is 0.222 e. The summed E-state index contributed by atoms with van der Waals surface area (Å²) in [6.07, 6.45) is 10.1. The predicted molar refractivity (Wildman–Crippen MR) is 152 cm³/mol. The molecule has 0 aliphatic heterocycles. The van der Waals surface area contributed by atoms with Crippen molar-refractivity contribution in [1.29, 1.82) is 0 Å². The van der Waals surface area contributed by atoms with Crippen molar-refractivity contribution in [2.45, 2.75) is 38.0 Å². The lowest BCUT2D eigenvalue weighted by Gasteiger charge is -2.37. The van der Waals surface area contributed by atoms with Gasteiger partial charge >= 0.3 is 0 Å². The summed E-state index contributed by atoms with van der Waals surface area (Å²) < 4.78 is 40.9. The van der Waals surface area contributed by atoms with Crippen LogP contribution < -0.4 is 5.32 Å². The molecule has 11 heteroatoms. The molecule has 0 spiro atoms. The van der Waals surface area contributed by atoms with E-state index in [-0.39, 0.29) is 22.6 Å². The molecule has 1 saturated carbocycles. The van der Waals surface area contributed by atoms with E-state index < -0.39 is 26.6 Å². The minimum atomic E-state index is -2.09. The summed E-state index contributed by atoms with van der Waals surface area (Å²) >= 11 is 0. The molecule has 4 aromatic rings. The maximum Gasteiger partial charge on any atom is 0.222 e. The summed E-state index contributed by atoms with van der Waals surface area (Å²) in [5, 5.41) is 12.0. The van der Waals surface area contributed by atoms with Gasteiger partial charge in [0.05, 0.1) is 40.0 Å². The van der Waals surface area contributed by atoms with Crippen molar-refractivity contribution < 1.29 is 13.0 Å². The molecule has 3 heterocycles. The highest BCUT2D eigenvalue weighted by Crippen LogP contribution is 2.69. The lowest BCUT2D eigenvalue weighted by molar-refractivity contribution is 0.242. The molecule has 6 rings (SSSR count). The third kappa shape index (κ3) is 4.14. The summed E-state index contributed by atoms with van der Waals surface area (Å²) in [6, 6.07) is 5.58. The van der Waals surface area contributed by atoms with Crippen LogP contribution in [0.2, 0.25) is 0 Å². The third-order valence-corrected chi connectivity index (χ3v) is 9.51. The molecule has 0 radical (unpaired) electrons. The Kier molecular flexibility index (Phi) is 6.17. The Hall–Kier alpha value is -3.86. The highest BCUT2D eigenvalue weighted by atomic mass is 32.2. The van der Waals surface area contributed by atoms with E-state index in [0.29, 0.717) is 29.5 Å². The van der Waals surface area contributed by atoms with Gasteiger partial charge in [0.2, 0.25) is 5.95 Å². The Morgan fingerprint density at radius 1 is 1.07 bits per heavy atom. The number of fused-ring (bicyclic) bond motifs is 5. The predicted octanol–water partition coefficient (Wildman–Crippen LogP) is 4.63. The van der Waals surface area contributed by atoms with E-state index in [1.165, 1.54) is 18.2 Å². The van der Waals surface area contributed by atoms with E-state index >= 15 is 0 Å². The van der Waals surface area contributed by atoms with Crippen molar-refractivity contribution in [3.63, 3.8) is 0 Å². The van der Waals surface area contributed by atoms with E-state index in [0.717, 1.165) is 29.8 Å². The van der Waals surface area contributed by atoms with Gasteiger partial charge in [-0.15, -0.1) is 5.10 Å². The average Bonchev–Trinajstić information content (AvgIpc) is 3.29. The van der Waals surface area contributed by atoms with Crippen molar-refractivity contribution in [2.75, 3.05) is 23.9 Å². The highest BCUT2D eigenvalue weighted by molar-refractivity contribution is 7.99. The van der Waals surface area contributed by atoms with E-state index in [1.807, 2.05) is 0 Å². The van der Waals surface area contributed by atoms with Gasteiger partial charge in [-0.3, -0.25) is 9.19 Å². The Morgan fingerprint density at radius 3 is 2.50 bits per heavy atom. The maximum atomic E-state index is 14.6. The quantitative estimate of drug-likeness (QED) is 0.326. The number of hydrogen-bond acceptors (Lipinski definition) is 8. The maximum absolute atomic E-state index is 14.6. The fourth-order valence-electron chi connectivity index (χ4n) is 6.40. The second kappa shape index (κ2) is 9.36. The van der Waals surface area contributed by atoms with Gasteiger partial charge in [-0.1, -0.05) is 19.9 Å². The molecule has 2 aliphatic rings. The first-order valence-electron chi connectivity index (χ1n) is 13.0. The molecule has 1 N–H and O–H groups in total. The molecule has 1 aromatic carbocycles. The summed E-state index contributed by atoms with van der Waals surface area (Å²) in [5.74, 6) is 3.30. The van der Waals surface area contributed by atoms with Gasteiger partial charge in [-0.25, -0.2) is 23.7 Å². The Labute approximate surface area is 231 Å². The molecule has 0 amide bonds. The number of rotatable bonds is 7. The van der Waals surface area contributed by atoms with Crippen molar-refractivity contribution in [3.8, 4) is 22.5 Å². The largest absolute Gasteiger partial charge is 0.353 e. The first-order valence-corrected chi connectivity index (χ1v) is 15.3. The molecule has 8 nitrogen and oxygen atoms in total. The minimum absolute atomic E-state index is 0.127. The van der Waals surface area contributed by atoms with Gasteiger partial charge in [0, 0.05) is 42.7 Å². The molecular weight excluding hydrogens is 532 g/mol. The first kappa shape index (κ1) is 26.4. The second-order valence-corrected chi connectivity index (χ2v) is 14.0. The second-order valence-electron chi connectivity index (χ2n) is 11.2. The van der Waals surface area contributed by atoms with E-state index in [1.54, 1.807) is 37.1 Å². The molecule has 2 bridgehead atoms. The number of halogens is 2. The summed E-state index contributed by atoms with van der Waals surface area (Å²) in [4.78, 5) is 18.3. The van der Waals surface area contributed by atoms with Gasteiger partial charge < -0.3 is 5.32 Å². The number of anilines is 1. The van der Waals surface area contributed by atoms with Crippen LogP contribution in [0.1, 0.15) is 49.6 Å². The molecule has 40 heavy (non-hydrogen) atoms. The number of benzene rings is 1. The lowest BCUT2D eigenvalue weighted by Crippen LogP contribution is -2.38. The standard InChI is InChI=1S/C29H29F2N7OS/c1-28(2)19-8-9-29(28,26-18(19)12-22(37-38-26)25-20(30)6-5-7-21(25)31)24-16-32-15-23(36-24)17-13-34-27(35-14-17)33-10-11-40(3,4)39/h5-7,12-16,19H,3,8-11H2,1-2,4H3,(H,33,34,35)/t19-,29-,40?/m0/s1.